The van der Waals surface area contributed by atoms with Crippen LogP contribution < -0.4 is 11.1 Å². The number of nitrogens with one attached hydrogen (secondary N) is 1. The lowest BCUT2D eigenvalue weighted by Crippen LogP contribution is -2.43. The summed E-state index contributed by atoms with van der Waals surface area (Å²) >= 11 is 0. The van der Waals surface area contributed by atoms with Crippen LogP contribution in [0.25, 0.3) is 0 Å². The minimum Gasteiger partial charge on any atom is -0.369 e. The minimum atomic E-state index is -0.809. The molecule has 1 aromatic rings. The molecule has 2 aliphatic heterocycles. The number of guanidine groups is 1. The summed E-state index contributed by atoms with van der Waals surface area (Å²) in [6.45, 7) is 8.49. The molecule has 1 fully saturated rings. The van der Waals surface area contributed by atoms with E-state index in [0.717, 1.165) is 17.5 Å². The zero-order valence-corrected chi connectivity index (χ0v) is 18.1. The highest BCUT2D eigenvalue weighted by molar-refractivity contribution is 6.06. The molecule has 3 rings (SSSR count). The van der Waals surface area contributed by atoms with Crippen molar-refractivity contribution in [3.63, 3.8) is 0 Å². The van der Waals surface area contributed by atoms with E-state index in [2.05, 4.69) is 24.2 Å². The lowest BCUT2D eigenvalue weighted by atomic mass is 9.91. The molecule has 8 nitrogen and oxygen atoms in total. The van der Waals surface area contributed by atoms with E-state index in [1.54, 1.807) is 0 Å². The molecule has 1 unspecified atom stereocenters. The van der Waals surface area contributed by atoms with Crippen LogP contribution in [-0.2, 0) is 22.7 Å². The molecule has 30 heavy (non-hydrogen) atoms. The van der Waals surface area contributed by atoms with Crippen LogP contribution in [-0.4, -0.2) is 45.2 Å². The van der Waals surface area contributed by atoms with Gasteiger partial charge in [-0.3, -0.25) is 19.4 Å². The molecule has 4 amide bonds. The summed E-state index contributed by atoms with van der Waals surface area (Å²) in [6, 6.07) is 6.73. The Morgan fingerprint density at radius 2 is 1.67 bits per heavy atom. The van der Waals surface area contributed by atoms with Gasteiger partial charge in [0.15, 0.2) is 5.96 Å². The quantitative estimate of drug-likeness (QED) is 0.638. The van der Waals surface area contributed by atoms with E-state index in [1.165, 1.54) is 9.80 Å². The zero-order chi connectivity index (χ0) is 22.1. The Morgan fingerprint density at radius 3 is 2.20 bits per heavy atom. The van der Waals surface area contributed by atoms with Crippen LogP contribution in [0.3, 0.4) is 0 Å². The van der Waals surface area contributed by atoms with E-state index in [-0.39, 0.29) is 30.3 Å². The maximum absolute atomic E-state index is 12.9. The lowest BCUT2D eigenvalue weighted by molar-refractivity contribution is -0.131. The van der Waals surface area contributed by atoms with Crippen molar-refractivity contribution in [2.45, 2.75) is 71.6 Å². The van der Waals surface area contributed by atoms with Crippen molar-refractivity contribution < 1.29 is 14.4 Å². The maximum Gasteiger partial charge on any atom is 0.325 e. The van der Waals surface area contributed by atoms with Crippen LogP contribution in [0.5, 0.6) is 0 Å². The Morgan fingerprint density at radius 1 is 1.10 bits per heavy atom. The van der Waals surface area contributed by atoms with Gasteiger partial charge in [0.25, 0.3) is 11.8 Å². The topological polar surface area (TPSA) is 108 Å². The van der Waals surface area contributed by atoms with Gasteiger partial charge < -0.3 is 11.1 Å². The van der Waals surface area contributed by atoms with Gasteiger partial charge in [-0.1, -0.05) is 51.5 Å². The molecule has 2 aliphatic rings. The molecular formula is C22H31N5O3. The Labute approximate surface area is 177 Å². The second-order valence-corrected chi connectivity index (χ2v) is 8.76. The predicted molar refractivity (Wildman–Crippen MR) is 114 cm³/mol. The van der Waals surface area contributed by atoms with Gasteiger partial charge in [0.1, 0.15) is 11.6 Å². The molecule has 1 saturated heterocycles. The number of hydrogen-bond donors (Lipinski definition) is 2. The third-order valence-corrected chi connectivity index (χ3v) is 5.54. The van der Waals surface area contributed by atoms with Crippen molar-refractivity contribution in [1.29, 1.82) is 0 Å². The average molecular weight is 414 g/mol. The van der Waals surface area contributed by atoms with Gasteiger partial charge in [-0.2, -0.15) is 0 Å². The van der Waals surface area contributed by atoms with Gasteiger partial charge in [-0.15, -0.1) is 0 Å². The molecule has 3 N–H and O–H groups in total. The molecule has 0 aromatic heterocycles. The third-order valence-electron chi connectivity index (χ3n) is 5.54. The van der Waals surface area contributed by atoms with Crippen LogP contribution in [0, 0.1) is 5.92 Å². The first kappa shape index (κ1) is 21.8. The van der Waals surface area contributed by atoms with E-state index < -0.39 is 11.6 Å². The van der Waals surface area contributed by atoms with Crippen molar-refractivity contribution in [3.05, 3.63) is 35.4 Å². The highest BCUT2D eigenvalue weighted by atomic mass is 16.2. The first-order valence-electron chi connectivity index (χ1n) is 10.5. The monoisotopic (exact) mass is 413 g/mol. The molecule has 0 spiro atoms. The zero-order valence-electron chi connectivity index (χ0n) is 18.1. The summed E-state index contributed by atoms with van der Waals surface area (Å²) in [7, 11) is 0. The van der Waals surface area contributed by atoms with Crippen LogP contribution in [0.4, 0.5) is 4.79 Å². The number of aliphatic imine (C=N–C) groups is 1. The normalized spacial score (nSPS) is 24.1. The third kappa shape index (κ3) is 4.32. The summed E-state index contributed by atoms with van der Waals surface area (Å²) in [5.41, 5.74) is 6.98. The lowest BCUT2D eigenvalue weighted by Gasteiger charge is -2.23. The maximum atomic E-state index is 12.9. The molecule has 162 valence electrons. The number of amides is 4. The van der Waals surface area contributed by atoms with Crippen molar-refractivity contribution in [1.82, 2.24) is 15.1 Å². The van der Waals surface area contributed by atoms with Gasteiger partial charge >= 0.3 is 6.03 Å². The fraction of sp³-hybridized carbons (Fsp3) is 0.545. The van der Waals surface area contributed by atoms with E-state index in [0.29, 0.717) is 25.3 Å². The summed E-state index contributed by atoms with van der Waals surface area (Å²) in [4.78, 5) is 44.6. The smallest absolute Gasteiger partial charge is 0.325 e. The van der Waals surface area contributed by atoms with Gasteiger partial charge in [0, 0.05) is 0 Å². The molecular weight excluding hydrogens is 382 g/mol. The van der Waals surface area contributed by atoms with Crippen molar-refractivity contribution in [2.24, 2.45) is 16.6 Å². The van der Waals surface area contributed by atoms with Crippen molar-refractivity contribution in [2.75, 3.05) is 0 Å². The molecule has 2 atom stereocenters. The summed E-state index contributed by atoms with van der Waals surface area (Å²) in [6.07, 6.45) is 2.12. The van der Waals surface area contributed by atoms with Crippen LogP contribution >= 0.6 is 0 Å². The van der Waals surface area contributed by atoms with Gasteiger partial charge in [-0.25, -0.2) is 9.79 Å². The molecule has 0 bridgehead atoms. The van der Waals surface area contributed by atoms with Crippen molar-refractivity contribution >= 4 is 23.8 Å². The van der Waals surface area contributed by atoms with Crippen LogP contribution in [0.1, 0.15) is 58.1 Å². The molecule has 0 saturated carbocycles. The van der Waals surface area contributed by atoms with Gasteiger partial charge in [0.2, 0.25) is 0 Å². The van der Waals surface area contributed by atoms with Gasteiger partial charge in [-0.05, 0) is 36.8 Å². The largest absolute Gasteiger partial charge is 0.369 e. The number of carbonyl (C=O) groups is 3. The minimum absolute atomic E-state index is 0.0842. The first-order valence-corrected chi connectivity index (χ1v) is 10.5. The number of urea groups is 1. The fourth-order valence-electron chi connectivity index (χ4n) is 4.16. The molecule has 8 heteroatoms. The summed E-state index contributed by atoms with van der Waals surface area (Å²) in [5.74, 6) is 0.312. The number of rotatable bonds is 8. The fourth-order valence-corrected chi connectivity index (χ4v) is 4.16. The van der Waals surface area contributed by atoms with Crippen LogP contribution in [0.15, 0.2) is 29.3 Å². The van der Waals surface area contributed by atoms with E-state index in [4.69, 9.17) is 5.73 Å². The standard InChI is InChI=1S/C22H31N5O3/c1-5-6-17-18(28)26(21(30)24-17)12-15-7-9-16(10-8-15)13-27-19(29)22(4,11-14(2)3)25-20(27)23/h7-10,14,17H,5-6,11-13H2,1-4H3,(H2,23,25)(H,24,30)/t17-,22?/m0/s1. The Bertz CT molecular complexity index is 864. The van der Waals surface area contributed by atoms with Crippen LogP contribution in [0.2, 0.25) is 0 Å². The van der Waals surface area contributed by atoms with E-state index in [9.17, 15) is 14.4 Å². The number of nitrogens with zero attached hydrogens (tertiary/aromatic N) is 3. The molecule has 0 radical (unpaired) electrons. The van der Waals surface area contributed by atoms with Crippen molar-refractivity contribution in [3.8, 4) is 0 Å². The Balaban J connectivity index is 1.64. The summed E-state index contributed by atoms with van der Waals surface area (Å²) in [5, 5.41) is 2.73. The summed E-state index contributed by atoms with van der Waals surface area (Å²) < 4.78 is 0. The second kappa shape index (κ2) is 8.45. The first-order chi connectivity index (χ1) is 14.1. The highest BCUT2D eigenvalue weighted by Gasteiger charge is 2.44. The number of hydrogen-bond acceptors (Lipinski definition) is 5. The molecule has 1 aromatic carbocycles. The number of carbonyl (C=O) groups excluding carboxylic acids is 3. The molecule has 0 aliphatic carbocycles. The average Bonchev–Trinajstić information content (AvgIpc) is 3.04. The van der Waals surface area contributed by atoms with Gasteiger partial charge in [0.05, 0.1) is 13.1 Å². The van der Waals surface area contributed by atoms with E-state index in [1.807, 2.05) is 38.1 Å². The SMILES string of the molecule is CCC[C@@H]1NC(=O)N(Cc2ccc(CN3C(=O)C(C)(CC(C)C)N=C3N)cc2)C1=O. The van der Waals surface area contributed by atoms with E-state index >= 15 is 0 Å². The number of nitrogens with two attached hydrogens (primary N) is 1. The number of imide groups is 1. The second-order valence-electron chi connectivity index (χ2n) is 8.76. The molecule has 2 heterocycles. The Hall–Kier alpha value is -2.90. The highest BCUT2D eigenvalue weighted by Crippen LogP contribution is 2.29. The number of benzene rings is 1. The predicted octanol–water partition coefficient (Wildman–Crippen LogP) is 2.37. The Kier molecular flexibility index (Phi) is 6.14.